The molecule has 21 heteroatoms. The molecule has 27 unspecified atom stereocenters. The monoisotopic (exact) mass is 968 g/mol. The van der Waals surface area contributed by atoms with Crippen LogP contribution in [0.2, 0.25) is 0 Å². The minimum atomic E-state index is -5.05. The average molecular weight is 969 g/mol. The van der Waals surface area contributed by atoms with E-state index < -0.39 is 126 Å². The Labute approximate surface area is 386 Å². The molecular weight excluding hydrogens is 893 g/mol. The van der Waals surface area contributed by atoms with Crippen LogP contribution in [0, 0.1) is 52.3 Å². The lowest BCUT2D eigenvalue weighted by Gasteiger charge is -2.61. The number of fused-ring (bicyclic) bond motifs is 7. The summed E-state index contributed by atoms with van der Waals surface area (Å²) in [5, 5.41) is 103. The van der Waals surface area contributed by atoms with Crippen LogP contribution >= 0.6 is 0 Å². The standard InChI is InChI=1S/C45H76O20S/c1-19(18-59-40-35(52)34(51)32(49)28(16-46)62-40)8-13-45(55)20(2)30-27(65-45)15-26-24-7-6-22-14-23(9-11-43(22,4)25(24)10-12-44(26,30)5)61-42-39(66(56,57)58)37(54)38(29(17-47)63-42)64-41-36(53)33(50)31(48)21(3)60-41/h19-42,46-55H,6-18H2,1-5H3,(H,56,57,58). The maximum atomic E-state index is 12.9. The first-order chi connectivity index (χ1) is 31.0. The molecule has 8 aliphatic rings. The third-order valence-corrected chi connectivity index (χ3v) is 19.5. The number of aliphatic hydroxyl groups is 10. The normalized spacial score (nSPS) is 54.5. The topological polar surface area (TPSA) is 321 Å². The molecule has 0 aromatic carbocycles. The minimum Gasteiger partial charge on any atom is -0.394 e. The van der Waals surface area contributed by atoms with Gasteiger partial charge in [-0.1, -0.05) is 27.7 Å². The first-order valence-electron chi connectivity index (χ1n) is 24.2. The van der Waals surface area contributed by atoms with Crippen molar-refractivity contribution >= 4 is 10.1 Å². The van der Waals surface area contributed by atoms with Gasteiger partial charge in [-0.25, -0.2) is 0 Å². The summed E-state index contributed by atoms with van der Waals surface area (Å²) in [6.07, 6.45) is -13.8. The van der Waals surface area contributed by atoms with Crippen molar-refractivity contribution in [3.8, 4) is 0 Å². The van der Waals surface area contributed by atoms with Crippen LogP contribution in [-0.2, 0) is 43.3 Å². The highest BCUT2D eigenvalue weighted by atomic mass is 32.2. The Morgan fingerprint density at radius 2 is 1.36 bits per heavy atom. The fraction of sp³-hybridized carbons (Fsp3) is 1.00. The van der Waals surface area contributed by atoms with Gasteiger partial charge in [-0.2, -0.15) is 8.42 Å². The van der Waals surface area contributed by atoms with Gasteiger partial charge in [0, 0.05) is 12.3 Å². The molecule has 0 bridgehead atoms. The molecule has 11 N–H and O–H groups in total. The Balaban J connectivity index is 0.866. The molecule has 4 aliphatic heterocycles. The van der Waals surface area contributed by atoms with Crippen LogP contribution < -0.4 is 0 Å². The second-order valence-corrected chi connectivity index (χ2v) is 23.5. The van der Waals surface area contributed by atoms with Gasteiger partial charge in [0.2, 0.25) is 0 Å². The predicted molar refractivity (Wildman–Crippen MR) is 227 cm³/mol. The summed E-state index contributed by atoms with van der Waals surface area (Å²) in [7, 11) is -5.05. The van der Waals surface area contributed by atoms with Crippen LogP contribution in [0.15, 0.2) is 0 Å². The zero-order valence-electron chi connectivity index (χ0n) is 38.6. The van der Waals surface area contributed by atoms with Crippen LogP contribution in [0.1, 0.15) is 98.8 Å². The summed E-state index contributed by atoms with van der Waals surface area (Å²) >= 11 is 0. The van der Waals surface area contributed by atoms with Crippen LogP contribution in [-0.4, -0.2) is 193 Å². The van der Waals surface area contributed by atoms with Crippen molar-refractivity contribution < 1.29 is 97.2 Å². The Kier molecular flexibility index (Phi) is 15.1. The molecule has 8 rings (SSSR count). The molecule has 0 radical (unpaired) electrons. The lowest BCUT2D eigenvalue weighted by atomic mass is 9.44. The molecule has 382 valence electrons. The molecule has 0 aromatic rings. The second-order valence-electron chi connectivity index (χ2n) is 21.9. The molecule has 27 atom stereocenters. The molecule has 4 saturated carbocycles. The van der Waals surface area contributed by atoms with Gasteiger partial charge in [0.15, 0.2) is 29.9 Å². The van der Waals surface area contributed by atoms with Crippen molar-refractivity contribution in [1.29, 1.82) is 0 Å². The summed E-state index contributed by atoms with van der Waals surface area (Å²) in [6.45, 7) is 9.09. The summed E-state index contributed by atoms with van der Waals surface area (Å²) in [6, 6.07) is 0. The van der Waals surface area contributed by atoms with E-state index in [1.807, 2.05) is 6.92 Å². The van der Waals surface area contributed by atoms with Crippen molar-refractivity contribution in [3.05, 3.63) is 0 Å². The first-order valence-corrected chi connectivity index (χ1v) is 25.7. The summed E-state index contributed by atoms with van der Waals surface area (Å²) < 4.78 is 77.5. The Morgan fingerprint density at radius 3 is 2.05 bits per heavy atom. The van der Waals surface area contributed by atoms with Crippen LogP contribution in [0.5, 0.6) is 0 Å². The van der Waals surface area contributed by atoms with Gasteiger partial charge in [0.1, 0.15) is 61.0 Å². The van der Waals surface area contributed by atoms with Gasteiger partial charge in [-0.05, 0) is 111 Å². The molecule has 0 spiro atoms. The molecule has 4 saturated heterocycles. The average Bonchev–Trinajstić information content (AvgIpc) is 3.70. The number of rotatable bonds is 13. The molecule has 0 amide bonds. The van der Waals surface area contributed by atoms with Gasteiger partial charge >= 0.3 is 0 Å². The van der Waals surface area contributed by atoms with Crippen LogP contribution in [0.25, 0.3) is 0 Å². The highest BCUT2D eigenvalue weighted by Gasteiger charge is 2.68. The fourth-order valence-corrected chi connectivity index (χ4v) is 15.3. The van der Waals surface area contributed by atoms with Crippen molar-refractivity contribution in [2.24, 2.45) is 52.3 Å². The van der Waals surface area contributed by atoms with Gasteiger partial charge < -0.3 is 84.2 Å². The van der Waals surface area contributed by atoms with E-state index in [-0.39, 0.29) is 47.2 Å². The van der Waals surface area contributed by atoms with Crippen LogP contribution in [0.4, 0.5) is 0 Å². The predicted octanol–water partition coefficient (Wildman–Crippen LogP) is -0.856. The van der Waals surface area contributed by atoms with Gasteiger partial charge in [0.05, 0.1) is 38.1 Å². The second kappa shape index (κ2) is 19.3. The molecule has 4 aliphatic carbocycles. The smallest absolute Gasteiger partial charge is 0.275 e. The van der Waals surface area contributed by atoms with E-state index in [0.717, 1.165) is 38.5 Å². The SMILES string of the molecule is CC(CCC1(O)OC2CC3C4CCC5CC(OC6OC(CO)C(OC7OC(C)C(O)C(O)C7O)C(O)C6S(=O)(=O)O)CCC5(C)C4CCC3(C)C2C1C)COC1OC(CO)C(O)C(O)C1O. The highest BCUT2D eigenvalue weighted by molar-refractivity contribution is 7.86. The maximum absolute atomic E-state index is 12.9. The molecular formula is C45H76O20S. The van der Waals surface area contributed by atoms with E-state index in [1.165, 1.54) is 6.92 Å². The van der Waals surface area contributed by atoms with Crippen molar-refractivity contribution in [2.45, 2.75) is 208 Å². The summed E-state index contributed by atoms with van der Waals surface area (Å²) in [4.78, 5) is 0. The van der Waals surface area contributed by atoms with Gasteiger partial charge in [0.25, 0.3) is 10.1 Å². The quantitative estimate of drug-likeness (QED) is 0.0791. The minimum absolute atomic E-state index is 0.0269. The van der Waals surface area contributed by atoms with E-state index >= 15 is 0 Å². The number of hydrogen-bond donors (Lipinski definition) is 11. The number of aliphatic hydroxyl groups excluding tert-OH is 9. The number of hydrogen-bond acceptors (Lipinski definition) is 19. The van der Waals surface area contributed by atoms with Gasteiger partial charge in [-0.15, -0.1) is 0 Å². The highest BCUT2D eigenvalue weighted by Crippen LogP contribution is 2.71. The van der Waals surface area contributed by atoms with Crippen LogP contribution in [0.3, 0.4) is 0 Å². The van der Waals surface area contributed by atoms with E-state index in [2.05, 4.69) is 20.8 Å². The first kappa shape index (κ1) is 51.6. The largest absolute Gasteiger partial charge is 0.394 e. The zero-order valence-corrected chi connectivity index (χ0v) is 39.4. The molecule has 66 heavy (non-hydrogen) atoms. The van der Waals surface area contributed by atoms with E-state index in [4.69, 9.17) is 33.2 Å². The Morgan fingerprint density at radius 1 is 0.712 bits per heavy atom. The third kappa shape index (κ3) is 9.08. The van der Waals surface area contributed by atoms with Crippen molar-refractivity contribution in [3.63, 3.8) is 0 Å². The Bertz CT molecular complexity index is 1780. The molecule has 20 nitrogen and oxygen atoms in total. The zero-order chi connectivity index (χ0) is 48.0. The fourth-order valence-electron chi connectivity index (χ4n) is 14.4. The lowest BCUT2D eigenvalue weighted by molar-refractivity contribution is -0.343. The molecule has 0 aromatic heterocycles. The summed E-state index contributed by atoms with van der Waals surface area (Å²) in [5.74, 6) is 0.192. The molecule has 4 heterocycles. The summed E-state index contributed by atoms with van der Waals surface area (Å²) in [5.41, 5.74) is -0.0622. The van der Waals surface area contributed by atoms with Crippen molar-refractivity contribution in [1.82, 2.24) is 0 Å². The number of ether oxygens (including phenoxy) is 7. The lowest BCUT2D eigenvalue weighted by Crippen LogP contribution is -2.65. The molecule has 8 fully saturated rings. The van der Waals surface area contributed by atoms with Crippen molar-refractivity contribution in [2.75, 3.05) is 19.8 Å². The maximum Gasteiger partial charge on any atom is 0.275 e. The third-order valence-electron chi connectivity index (χ3n) is 18.3. The van der Waals surface area contributed by atoms with E-state index in [0.29, 0.717) is 43.4 Å². The van der Waals surface area contributed by atoms with Gasteiger partial charge in [-0.3, -0.25) is 4.55 Å². The van der Waals surface area contributed by atoms with E-state index in [1.54, 1.807) is 0 Å². The van der Waals surface area contributed by atoms with E-state index in [9.17, 15) is 64.0 Å². The Hall–Kier alpha value is -0.770.